The molecule has 0 bridgehead atoms. The predicted molar refractivity (Wildman–Crippen MR) is 82.7 cm³/mol. The lowest BCUT2D eigenvalue weighted by molar-refractivity contribution is 0.550. The van der Waals surface area contributed by atoms with E-state index in [4.69, 9.17) is 11.6 Å². The molecule has 0 aliphatic heterocycles. The van der Waals surface area contributed by atoms with Crippen LogP contribution in [0, 0.1) is 6.92 Å². The molecule has 0 spiro atoms. The normalized spacial score (nSPS) is 12.3. The average Bonchev–Trinajstić information content (AvgIpc) is 2.44. The van der Waals surface area contributed by atoms with Gasteiger partial charge in [-0.15, -0.1) is 11.6 Å². The van der Waals surface area contributed by atoms with E-state index in [1.54, 1.807) is 0 Å². The zero-order valence-electron chi connectivity index (χ0n) is 11.3. The molecule has 0 aliphatic rings. The van der Waals surface area contributed by atoms with Crippen molar-refractivity contribution in [2.45, 2.75) is 25.9 Å². The Hall–Kier alpha value is -1.31. The fraction of sp³-hybridized carbons (Fsp3) is 0.294. The van der Waals surface area contributed by atoms with Crippen LogP contribution >= 0.6 is 11.6 Å². The first-order chi connectivity index (χ1) is 9.28. The second-order valence-electron chi connectivity index (χ2n) is 4.91. The molecule has 100 valence electrons. The van der Waals surface area contributed by atoms with Gasteiger partial charge in [0, 0.05) is 18.5 Å². The molecule has 0 amide bonds. The molecule has 2 aromatic rings. The van der Waals surface area contributed by atoms with Crippen LogP contribution in [0.15, 0.2) is 54.6 Å². The highest BCUT2D eigenvalue weighted by atomic mass is 35.5. The molecule has 2 aromatic carbocycles. The van der Waals surface area contributed by atoms with Crippen LogP contribution in [0.5, 0.6) is 0 Å². The summed E-state index contributed by atoms with van der Waals surface area (Å²) in [6.07, 6.45) is 0.968. The third-order valence-electron chi connectivity index (χ3n) is 3.19. The van der Waals surface area contributed by atoms with E-state index in [1.807, 2.05) is 6.07 Å². The summed E-state index contributed by atoms with van der Waals surface area (Å²) in [4.78, 5) is 0. The van der Waals surface area contributed by atoms with Crippen LogP contribution in [0.2, 0.25) is 0 Å². The van der Waals surface area contributed by atoms with Gasteiger partial charge in [-0.1, -0.05) is 60.2 Å². The largest absolute Gasteiger partial charge is 0.308 e. The van der Waals surface area contributed by atoms with Crippen molar-refractivity contribution in [3.05, 3.63) is 71.3 Å². The third kappa shape index (κ3) is 4.70. The lowest BCUT2D eigenvalue weighted by Crippen LogP contribution is -2.32. The van der Waals surface area contributed by atoms with Crippen LogP contribution in [0.25, 0.3) is 0 Å². The van der Waals surface area contributed by atoms with E-state index in [1.165, 1.54) is 16.7 Å². The van der Waals surface area contributed by atoms with Crippen molar-refractivity contribution in [3.63, 3.8) is 0 Å². The number of aryl methyl sites for hydroxylation is 1. The van der Waals surface area contributed by atoms with Crippen LogP contribution in [0.4, 0.5) is 0 Å². The van der Waals surface area contributed by atoms with Crippen LogP contribution in [0.1, 0.15) is 16.7 Å². The van der Waals surface area contributed by atoms with Crippen molar-refractivity contribution in [1.29, 1.82) is 0 Å². The summed E-state index contributed by atoms with van der Waals surface area (Å²) in [6, 6.07) is 19.4. The highest BCUT2D eigenvalue weighted by molar-refractivity contribution is 6.18. The minimum Gasteiger partial charge on any atom is -0.308 e. The number of hydrogen-bond acceptors (Lipinski definition) is 1. The third-order valence-corrected chi connectivity index (χ3v) is 3.56. The van der Waals surface area contributed by atoms with Gasteiger partial charge in [-0.25, -0.2) is 0 Å². The highest BCUT2D eigenvalue weighted by Crippen LogP contribution is 2.07. The Morgan fingerprint density at radius 2 is 1.74 bits per heavy atom. The van der Waals surface area contributed by atoms with E-state index in [2.05, 4.69) is 60.8 Å². The van der Waals surface area contributed by atoms with Crippen molar-refractivity contribution in [1.82, 2.24) is 5.32 Å². The first-order valence-corrected chi connectivity index (χ1v) is 7.20. The molecule has 1 N–H and O–H groups in total. The molecule has 19 heavy (non-hydrogen) atoms. The van der Waals surface area contributed by atoms with Crippen LogP contribution in [-0.4, -0.2) is 11.9 Å². The van der Waals surface area contributed by atoms with E-state index in [9.17, 15) is 0 Å². The summed E-state index contributed by atoms with van der Waals surface area (Å²) in [5.74, 6) is 0.626. The fourth-order valence-electron chi connectivity index (χ4n) is 2.16. The van der Waals surface area contributed by atoms with Crippen molar-refractivity contribution in [3.8, 4) is 0 Å². The zero-order valence-corrected chi connectivity index (χ0v) is 12.0. The summed E-state index contributed by atoms with van der Waals surface area (Å²) in [5, 5.41) is 3.53. The molecule has 0 saturated carbocycles. The summed E-state index contributed by atoms with van der Waals surface area (Å²) >= 11 is 6.05. The van der Waals surface area contributed by atoms with Gasteiger partial charge in [0.05, 0.1) is 0 Å². The van der Waals surface area contributed by atoms with E-state index in [0.29, 0.717) is 11.9 Å². The number of rotatable bonds is 6. The maximum atomic E-state index is 6.05. The van der Waals surface area contributed by atoms with E-state index >= 15 is 0 Å². The monoisotopic (exact) mass is 273 g/mol. The Morgan fingerprint density at radius 3 is 2.42 bits per heavy atom. The average molecular weight is 274 g/mol. The lowest BCUT2D eigenvalue weighted by Gasteiger charge is -2.16. The maximum Gasteiger partial charge on any atom is 0.0380 e. The van der Waals surface area contributed by atoms with Crippen LogP contribution in [-0.2, 0) is 13.0 Å². The SMILES string of the molecule is Cc1cccc(CNC(CCl)Cc2ccccc2)c1. The Morgan fingerprint density at radius 1 is 1.00 bits per heavy atom. The second kappa shape index (κ2) is 7.32. The molecule has 2 heteroatoms. The van der Waals surface area contributed by atoms with Gasteiger partial charge >= 0.3 is 0 Å². The molecule has 2 rings (SSSR count). The minimum atomic E-state index is 0.310. The quantitative estimate of drug-likeness (QED) is 0.787. The summed E-state index contributed by atoms with van der Waals surface area (Å²) < 4.78 is 0. The van der Waals surface area contributed by atoms with Crippen molar-refractivity contribution in [2.75, 3.05) is 5.88 Å². The Balaban J connectivity index is 1.89. The van der Waals surface area contributed by atoms with Crippen molar-refractivity contribution < 1.29 is 0 Å². The van der Waals surface area contributed by atoms with Crippen molar-refractivity contribution in [2.24, 2.45) is 0 Å². The van der Waals surface area contributed by atoms with Gasteiger partial charge < -0.3 is 5.32 Å². The fourth-order valence-corrected chi connectivity index (χ4v) is 2.38. The second-order valence-corrected chi connectivity index (χ2v) is 5.22. The standard InChI is InChI=1S/C17H20ClN/c1-14-6-5-9-16(10-14)13-19-17(12-18)11-15-7-3-2-4-8-15/h2-10,17,19H,11-13H2,1H3. The summed E-state index contributed by atoms with van der Waals surface area (Å²) in [5.41, 5.74) is 3.93. The number of halogens is 1. The number of hydrogen-bond donors (Lipinski definition) is 1. The van der Waals surface area contributed by atoms with Gasteiger partial charge in [0.25, 0.3) is 0 Å². The number of nitrogens with one attached hydrogen (secondary N) is 1. The van der Waals surface area contributed by atoms with Gasteiger partial charge in [-0.05, 0) is 24.5 Å². The molecule has 0 aliphatic carbocycles. The molecule has 0 heterocycles. The van der Waals surface area contributed by atoms with Gasteiger partial charge in [-0.2, -0.15) is 0 Å². The Bertz CT molecular complexity index is 496. The minimum absolute atomic E-state index is 0.310. The highest BCUT2D eigenvalue weighted by Gasteiger charge is 2.07. The van der Waals surface area contributed by atoms with Gasteiger partial charge in [-0.3, -0.25) is 0 Å². The number of alkyl halides is 1. The topological polar surface area (TPSA) is 12.0 Å². The maximum absolute atomic E-state index is 6.05. The molecule has 0 saturated heterocycles. The molecule has 1 atom stereocenters. The first kappa shape index (κ1) is 14.1. The Kier molecular flexibility index (Phi) is 5.44. The predicted octanol–water partition coefficient (Wildman–Crippen LogP) is 3.93. The van der Waals surface area contributed by atoms with Crippen LogP contribution in [0.3, 0.4) is 0 Å². The molecule has 0 fully saturated rings. The molecule has 0 radical (unpaired) electrons. The molecule has 0 aromatic heterocycles. The van der Waals surface area contributed by atoms with E-state index < -0.39 is 0 Å². The zero-order chi connectivity index (χ0) is 13.5. The van der Waals surface area contributed by atoms with Gasteiger partial charge in [0.2, 0.25) is 0 Å². The molecular formula is C17H20ClN. The van der Waals surface area contributed by atoms with E-state index in [-0.39, 0.29) is 0 Å². The van der Waals surface area contributed by atoms with Crippen molar-refractivity contribution >= 4 is 11.6 Å². The first-order valence-electron chi connectivity index (χ1n) is 6.67. The smallest absolute Gasteiger partial charge is 0.0380 e. The molecule has 1 nitrogen and oxygen atoms in total. The lowest BCUT2D eigenvalue weighted by atomic mass is 10.1. The Labute approximate surface area is 120 Å². The van der Waals surface area contributed by atoms with E-state index in [0.717, 1.165) is 13.0 Å². The van der Waals surface area contributed by atoms with Gasteiger partial charge in [0.15, 0.2) is 0 Å². The molecule has 1 unspecified atom stereocenters. The van der Waals surface area contributed by atoms with Gasteiger partial charge in [0.1, 0.15) is 0 Å². The van der Waals surface area contributed by atoms with Crippen LogP contribution < -0.4 is 5.32 Å². The summed E-state index contributed by atoms with van der Waals surface area (Å²) in [6.45, 7) is 2.98. The number of benzene rings is 2. The molecular weight excluding hydrogens is 254 g/mol. The summed E-state index contributed by atoms with van der Waals surface area (Å²) in [7, 11) is 0.